The third-order valence-electron chi connectivity index (χ3n) is 4.88. The van der Waals surface area contributed by atoms with Crippen LogP contribution in [0.2, 0.25) is 0 Å². The maximum atomic E-state index is 13.0. The zero-order chi connectivity index (χ0) is 20.3. The third-order valence-corrected chi connectivity index (χ3v) is 5.24. The Kier molecular flexibility index (Phi) is 6.03. The van der Waals surface area contributed by atoms with Crippen molar-refractivity contribution >= 4 is 29.1 Å². The van der Waals surface area contributed by atoms with Crippen LogP contribution in [0.3, 0.4) is 0 Å². The molecule has 0 saturated carbocycles. The molecule has 1 aromatic carbocycles. The SMILES string of the molecule is CCOC(=O)N1CCN(C(=S)Nc2c(C)n(C)n(-c3ccccc3)c2=O)CC1. The van der Waals surface area contributed by atoms with E-state index in [0.29, 0.717) is 43.6 Å². The quantitative estimate of drug-likeness (QED) is 0.790. The van der Waals surface area contributed by atoms with Crippen LogP contribution in [0.5, 0.6) is 0 Å². The molecule has 8 nitrogen and oxygen atoms in total. The Morgan fingerprint density at radius 3 is 2.36 bits per heavy atom. The van der Waals surface area contributed by atoms with Crippen LogP contribution >= 0.6 is 12.2 Å². The standard InChI is InChI=1S/C19H25N5O3S/c1-4-27-19(26)23-12-10-22(11-13-23)18(28)20-16-14(2)21(3)24(17(16)25)15-8-6-5-7-9-15/h5-9H,4,10-13H2,1-3H3,(H,20,28). The van der Waals surface area contributed by atoms with Gasteiger partial charge in [0, 0.05) is 33.2 Å². The number of nitrogens with zero attached hydrogens (tertiary/aromatic N) is 4. The van der Waals surface area contributed by atoms with Gasteiger partial charge in [-0.2, -0.15) is 0 Å². The number of hydrogen-bond acceptors (Lipinski definition) is 4. The number of ether oxygens (including phenoxy) is 1. The van der Waals surface area contributed by atoms with Crippen molar-refractivity contribution in [2.24, 2.45) is 7.05 Å². The molecule has 0 spiro atoms. The first-order valence-electron chi connectivity index (χ1n) is 9.25. The number of nitrogens with one attached hydrogen (secondary N) is 1. The molecule has 28 heavy (non-hydrogen) atoms. The summed E-state index contributed by atoms with van der Waals surface area (Å²) < 4.78 is 8.45. The minimum Gasteiger partial charge on any atom is -0.450 e. The van der Waals surface area contributed by atoms with Crippen LogP contribution in [-0.4, -0.2) is 63.2 Å². The van der Waals surface area contributed by atoms with Gasteiger partial charge in [0.15, 0.2) is 5.11 Å². The van der Waals surface area contributed by atoms with Crippen molar-refractivity contribution in [2.45, 2.75) is 13.8 Å². The van der Waals surface area contributed by atoms with Gasteiger partial charge in [0.05, 0.1) is 18.0 Å². The topological polar surface area (TPSA) is 71.7 Å². The van der Waals surface area contributed by atoms with Crippen molar-refractivity contribution in [1.29, 1.82) is 0 Å². The Labute approximate surface area is 169 Å². The first-order chi connectivity index (χ1) is 13.4. The van der Waals surface area contributed by atoms with E-state index in [-0.39, 0.29) is 11.7 Å². The molecule has 0 unspecified atom stereocenters. The molecule has 0 bridgehead atoms. The highest BCUT2D eigenvalue weighted by atomic mass is 32.1. The summed E-state index contributed by atoms with van der Waals surface area (Å²) in [5.41, 5.74) is 1.89. The average molecular weight is 404 g/mol. The molecule has 1 N–H and O–H groups in total. The van der Waals surface area contributed by atoms with Crippen molar-refractivity contribution < 1.29 is 9.53 Å². The molecule has 2 heterocycles. The van der Waals surface area contributed by atoms with E-state index in [9.17, 15) is 9.59 Å². The highest BCUT2D eigenvalue weighted by Gasteiger charge is 2.25. The van der Waals surface area contributed by atoms with Crippen molar-refractivity contribution in [3.05, 3.63) is 46.4 Å². The second kappa shape index (κ2) is 8.47. The minimum absolute atomic E-state index is 0.154. The Balaban J connectivity index is 1.72. The summed E-state index contributed by atoms with van der Waals surface area (Å²) in [6.07, 6.45) is -0.300. The number of thiocarbonyl (C=S) groups is 1. The van der Waals surface area contributed by atoms with E-state index in [1.807, 2.05) is 49.2 Å². The van der Waals surface area contributed by atoms with Gasteiger partial charge in [0.2, 0.25) is 0 Å². The molecule has 1 aliphatic rings. The maximum Gasteiger partial charge on any atom is 0.409 e. The highest BCUT2D eigenvalue weighted by molar-refractivity contribution is 7.80. The van der Waals surface area contributed by atoms with Crippen LogP contribution in [0.4, 0.5) is 10.5 Å². The fourth-order valence-corrected chi connectivity index (χ4v) is 3.49. The lowest BCUT2D eigenvalue weighted by atomic mass is 10.3. The first-order valence-corrected chi connectivity index (χ1v) is 9.66. The van der Waals surface area contributed by atoms with Crippen molar-refractivity contribution in [3.8, 4) is 5.69 Å². The van der Waals surface area contributed by atoms with E-state index < -0.39 is 0 Å². The summed E-state index contributed by atoms with van der Waals surface area (Å²) in [5.74, 6) is 0. The highest BCUT2D eigenvalue weighted by Crippen LogP contribution is 2.15. The van der Waals surface area contributed by atoms with E-state index >= 15 is 0 Å². The van der Waals surface area contributed by atoms with E-state index in [1.54, 1.807) is 21.2 Å². The van der Waals surface area contributed by atoms with E-state index in [1.165, 1.54) is 0 Å². The lowest BCUT2D eigenvalue weighted by molar-refractivity contribution is 0.0923. The van der Waals surface area contributed by atoms with Crippen LogP contribution < -0.4 is 10.9 Å². The summed E-state index contributed by atoms with van der Waals surface area (Å²) in [5, 5.41) is 3.60. The summed E-state index contributed by atoms with van der Waals surface area (Å²) in [7, 11) is 1.84. The molecular weight excluding hydrogens is 378 g/mol. The lowest BCUT2D eigenvalue weighted by Gasteiger charge is -2.35. The van der Waals surface area contributed by atoms with Crippen LogP contribution in [0.25, 0.3) is 5.69 Å². The first kappa shape index (κ1) is 19.9. The van der Waals surface area contributed by atoms with E-state index in [0.717, 1.165) is 11.4 Å². The van der Waals surface area contributed by atoms with Gasteiger partial charge in [-0.15, -0.1) is 0 Å². The molecule has 3 rings (SSSR count). The van der Waals surface area contributed by atoms with Gasteiger partial charge in [-0.25, -0.2) is 9.48 Å². The monoisotopic (exact) mass is 403 g/mol. The van der Waals surface area contributed by atoms with Crippen LogP contribution in [0, 0.1) is 6.92 Å². The van der Waals surface area contributed by atoms with Crippen LogP contribution in [0.1, 0.15) is 12.6 Å². The van der Waals surface area contributed by atoms with E-state index in [2.05, 4.69) is 5.32 Å². The molecule has 1 fully saturated rings. The number of benzene rings is 1. The summed E-state index contributed by atoms with van der Waals surface area (Å²) in [4.78, 5) is 28.4. The van der Waals surface area contributed by atoms with Crippen molar-refractivity contribution in [3.63, 3.8) is 0 Å². The molecule has 1 amide bonds. The summed E-state index contributed by atoms with van der Waals surface area (Å²) >= 11 is 5.52. The van der Waals surface area contributed by atoms with Crippen molar-refractivity contribution in [1.82, 2.24) is 19.2 Å². The molecule has 0 atom stereocenters. The molecular formula is C19H25N5O3S. The maximum absolute atomic E-state index is 13.0. The molecule has 9 heteroatoms. The largest absolute Gasteiger partial charge is 0.450 e. The van der Waals surface area contributed by atoms with Crippen LogP contribution in [0.15, 0.2) is 35.1 Å². The number of para-hydroxylation sites is 1. The smallest absolute Gasteiger partial charge is 0.409 e. The number of piperazine rings is 1. The fraction of sp³-hybridized carbons (Fsp3) is 0.421. The summed E-state index contributed by atoms with van der Waals surface area (Å²) in [6, 6.07) is 9.47. The van der Waals surface area contributed by atoms with Gasteiger partial charge >= 0.3 is 6.09 Å². The number of carbonyl (C=O) groups excluding carboxylic acids is 1. The Hall–Kier alpha value is -2.81. The van der Waals surface area contributed by atoms with Gasteiger partial charge in [-0.05, 0) is 38.2 Å². The molecule has 1 aromatic heterocycles. The zero-order valence-electron chi connectivity index (χ0n) is 16.3. The van der Waals surface area contributed by atoms with Gasteiger partial charge in [-0.3, -0.25) is 9.48 Å². The fourth-order valence-electron chi connectivity index (χ4n) is 3.21. The molecule has 1 saturated heterocycles. The predicted octanol–water partition coefficient (Wildman–Crippen LogP) is 1.96. The molecule has 1 aliphatic heterocycles. The van der Waals surface area contributed by atoms with Gasteiger partial charge in [0.25, 0.3) is 5.56 Å². The number of anilines is 1. The van der Waals surface area contributed by atoms with Crippen LogP contribution in [-0.2, 0) is 11.8 Å². The lowest BCUT2D eigenvalue weighted by Crippen LogP contribution is -2.52. The summed E-state index contributed by atoms with van der Waals surface area (Å²) in [6.45, 7) is 6.26. The number of amides is 1. The minimum atomic E-state index is -0.300. The molecule has 150 valence electrons. The number of aromatic nitrogens is 2. The number of carbonyl (C=O) groups is 1. The third kappa shape index (κ3) is 3.89. The Bertz CT molecular complexity index is 914. The Morgan fingerprint density at radius 2 is 1.75 bits per heavy atom. The normalized spacial score (nSPS) is 14.1. The molecule has 0 radical (unpaired) electrons. The second-order valence-corrected chi connectivity index (χ2v) is 6.93. The van der Waals surface area contributed by atoms with Gasteiger partial charge in [0.1, 0.15) is 5.69 Å². The Morgan fingerprint density at radius 1 is 1.14 bits per heavy atom. The van der Waals surface area contributed by atoms with E-state index in [4.69, 9.17) is 17.0 Å². The predicted molar refractivity (Wildman–Crippen MR) is 112 cm³/mol. The second-order valence-electron chi connectivity index (χ2n) is 6.54. The van der Waals surface area contributed by atoms with Gasteiger partial charge in [-0.1, -0.05) is 18.2 Å². The van der Waals surface area contributed by atoms with Gasteiger partial charge < -0.3 is 19.9 Å². The number of rotatable bonds is 3. The zero-order valence-corrected chi connectivity index (χ0v) is 17.2. The van der Waals surface area contributed by atoms with Crippen molar-refractivity contribution in [2.75, 3.05) is 38.1 Å². The number of hydrogen-bond donors (Lipinski definition) is 1. The molecule has 0 aliphatic carbocycles. The average Bonchev–Trinajstić information content (AvgIpc) is 2.92. The molecule has 2 aromatic rings.